The van der Waals surface area contributed by atoms with Crippen LogP contribution in [0, 0.1) is 0 Å². The molecule has 1 aliphatic rings. The Balaban J connectivity index is 2.21. The summed E-state index contributed by atoms with van der Waals surface area (Å²) in [5.74, 6) is 0. The Hall–Kier alpha value is -0.160. The van der Waals surface area contributed by atoms with Crippen LogP contribution in [-0.2, 0) is 4.74 Å². The molecule has 0 radical (unpaired) electrons. The zero-order valence-electron chi connectivity index (χ0n) is 11.5. The van der Waals surface area contributed by atoms with Crippen molar-refractivity contribution in [3.63, 3.8) is 0 Å². The van der Waals surface area contributed by atoms with E-state index in [4.69, 9.17) is 4.74 Å². The van der Waals surface area contributed by atoms with E-state index in [1.54, 1.807) is 0 Å². The molecule has 102 valence electrons. The Morgan fingerprint density at radius 3 is 2.41 bits per heavy atom. The highest BCUT2D eigenvalue weighted by atomic mass is 16.5. The first-order chi connectivity index (χ1) is 8.09. The van der Waals surface area contributed by atoms with Crippen LogP contribution < -0.4 is 5.32 Å². The monoisotopic (exact) mass is 244 g/mol. The third kappa shape index (κ3) is 5.34. The van der Waals surface area contributed by atoms with Crippen molar-refractivity contribution in [2.45, 2.75) is 45.3 Å². The molecule has 0 aliphatic carbocycles. The molecule has 0 spiro atoms. The fourth-order valence-corrected chi connectivity index (χ4v) is 2.10. The second kappa shape index (κ2) is 7.31. The van der Waals surface area contributed by atoms with Gasteiger partial charge >= 0.3 is 0 Å². The van der Waals surface area contributed by atoms with Gasteiger partial charge in [0.2, 0.25) is 0 Å². The average molecular weight is 244 g/mol. The van der Waals surface area contributed by atoms with Gasteiger partial charge in [-0.05, 0) is 19.8 Å². The maximum Gasteiger partial charge on any atom is 0.0766 e. The minimum Gasteiger partial charge on any atom is -0.389 e. The van der Waals surface area contributed by atoms with Crippen LogP contribution in [-0.4, -0.2) is 61.0 Å². The maximum atomic E-state index is 10.2. The van der Waals surface area contributed by atoms with Crippen molar-refractivity contribution >= 4 is 0 Å². The highest BCUT2D eigenvalue weighted by molar-refractivity contribution is 4.80. The maximum absolute atomic E-state index is 10.2. The summed E-state index contributed by atoms with van der Waals surface area (Å²) in [4.78, 5) is 2.41. The first kappa shape index (κ1) is 14.9. The summed E-state index contributed by atoms with van der Waals surface area (Å²) in [5, 5.41) is 13.6. The number of nitrogens with zero attached hydrogens (tertiary/aromatic N) is 1. The normalized spacial score (nSPS) is 20.5. The molecule has 0 amide bonds. The molecule has 0 bridgehead atoms. The molecule has 0 saturated carbocycles. The number of ether oxygens (including phenoxy) is 1. The molecule has 0 aromatic carbocycles. The van der Waals surface area contributed by atoms with Crippen molar-refractivity contribution in [3.05, 3.63) is 0 Å². The second-order valence-corrected chi connectivity index (χ2v) is 5.13. The molecule has 1 fully saturated rings. The highest BCUT2D eigenvalue weighted by Crippen LogP contribution is 2.13. The van der Waals surface area contributed by atoms with Gasteiger partial charge in [-0.2, -0.15) is 0 Å². The lowest BCUT2D eigenvalue weighted by molar-refractivity contribution is 0.0203. The van der Waals surface area contributed by atoms with Crippen LogP contribution in [0.1, 0.15) is 33.6 Å². The fourth-order valence-electron chi connectivity index (χ4n) is 2.10. The molecule has 1 heterocycles. The summed E-state index contributed by atoms with van der Waals surface area (Å²) >= 11 is 0. The molecular weight excluding hydrogens is 216 g/mol. The predicted molar refractivity (Wildman–Crippen MR) is 70.3 cm³/mol. The first-order valence-electron chi connectivity index (χ1n) is 6.85. The lowest BCUT2D eigenvalue weighted by Crippen LogP contribution is -2.48. The molecule has 4 heteroatoms. The third-order valence-electron chi connectivity index (χ3n) is 3.73. The molecule has 1 saturated heterocycles. The Labute approximate surface area is 105 Å². The van der Waals surface area contributed by atoms with E-state index in [1.807, 2.05) is 13.8 Å². The van der Waals surface area contributed by atoms with E-state index in [0.717, 1.165) is 45.7 Å². The standard InChI is InChI=1S/C13H28N2O2/c1-4-13(16,5-2)11-14-12(3)10-15-6-8-17-9-7-15/h12,14,16H,4-11H2,1-3H3. The van der Waals surface area contributed by atoms with Crippen LogP contribution in [0.25, 0.3) is 0 Å². The van der Waals surface area contributed by atoms with E-state index in [2.05, 4.69) is 17.1 Å². The van der Waals surface area contributed by atoms with Crippen LogP contribution >= 0.6 is 0 Å². The average Bonchev–Trinajstić information content (AvgIpc) is 2.37. The number of nitrogens with one attached hydrogen (secondary N) is 1. The van der Waals surface area contributed by atoms with Crippen LogP contribution in [0.4, 0.5) is 0 Å². The van der Waals surface area contributed by atoms with Crippen LogP contribution in [0.3, 0.4) is 0 Å². The lowest BCUT2D eigenvalue weighted by atomic mass is 9.97. The summed E-state index contributed by atoms with van der Waals surface area (Å²) < 4.78 is 5.33. The second-order valence-electron chi connectivity index (χ2n) is 5.13. The molecule has 1 rings (SSSR count). The van der Waals surface area contributed by atoms with E-state index < -0.39 is 5.60 Å². The van der Waals surface area contributed by atoms with Crippen molar-refractivity contribution in [1.82, 2.24) is 10.2 Å². The van der Waals surface area contributed by atoms with Gasteiger partial charge in [0, 0.05) is 32.2 Å². The summed E-state index contributed by atoms with van der Waals surface area (Å²) in [5.41, 5.74) is -0.542. The van der Waals surface area contributed by atoms with Gasteiger partial charge in [0.25, 0.3) is 0 Å². The van der Waals surface area contributed by atoms with Gasteiger partial charge in [-0.15, -0.1) is 0 Å². The van der Waals surface area contributed by atoms with Gasteiger partial charge in [0.05, 0.1) is 18.8 Å². The van der Waals surface area contributed by atoms with E-state index in [1.165, 1.54) is 0 Å². The Morgan fingerprint density at radius 1 is 1.29 bits per heavy atom. The summed E-state index contributed by atoms with van der Waals surface area (Å²) in [6, 6.07) is 0.415. The van der Waals surface area contributed by atoms with Crippen LogP contribution in [0.5, 0.6) is 0 Å². The summed E-state index contributed by atoms with van der Waals surface area (Å²) in [6.07, 6.45) is 1.61. The van der Waals surface area contributed by atoms with Crippen molar-refractivity contribution in [2.24, 2.45) is 0 Å². The Morgan fingerprint density at radius 2 is 1.88 bits per heavy atom. The summed E-state index contributed by atoms with van der Waals surface area (Å²) in [7, 11) is 0. The van der Waals surface area contributed by atoms with Gasteiger partial charge in [0.1, 0.15) is 0 Å². The minimum absolute atomic E-state index is 0.415. The van der Waals surface area contributed by atoms with Gasteiger partial charge < -0.3 is 15.2 Å². The Kier molecular flexibility index (Phi) is 6.41. The molecule has 2 N–H and O–H groups in total. The van der Waals surface area contributed by atoms with E-state index >= 15 is 0 Å². The van der Waals surface area contributed by atoms with Gasteiger partial charge in [0.15, 0.2) is 0 Å². The molecule has 1 unspecified atom stereocenters. The first-order valence-corrected chi connectivity index (χ1v) is 6.85. The van der Waals surface area contributed by atoms with Gasteiger partial charge in [-0.1, -0.05) is 13.8 Å². The third-order valence-corrected chi connectivity index (χ3v) is 3.73. The zero-order chi connectivity index (χ0) is 12.7. The quantitative estimate of drug-likeness (QED) is 0.697. The van der Waals surface area contributed by atoms with E-state index in [9.17, 15) is 5.11 Å². The number of hydrogen-bond donors (Lipinski definition) is 2. The number of rotatable bonds is 7. The smallest absolute Gasteiger partial charge is 0.0766 e. The van der Waals surface area contributed by atoms with E-state index in [0.29, 0.717) is 12.6 Å². The summed E-state index contributed by atoms with van der Waals surface area (Å²) in [6.45, 7) is 11.7. The minimum atomic E-state index is -0.542. The zero-order valence-corrected chi connectivity index (χ0v) is 11.5. The number of hydrogen-bond acceptors (Lipinski definition) is 4. The van der Waals surface area contributed by atoms with Gasteiger partial charge in [-0.3, -0.25) is 4.90 Å². The van der Waals surface area contributed by atoms with Crippen LogP contribution in [0.15, 0.2) is 0 Å². The molecule has 1 atom stereocenters. The molecule has 4 nitrogen and oxygen atoms in total. The topological polar surface area (TPSA) is 44.7 Å². The van der Waals surface area contributed by atoms with Crippen molar-refractivity contribution in [3.8, 4) is 0 Å². The predicted octanol–water partition coefficient (Wildman–Crippen LogP) is 0.848. The SMILES string of the molecule is CCC(O)(CC)CNC(C)CN1CCOCC1. The van der Waals surface area contributed by atoms with Crippen molar-refractivity contribution < 1.29 is 9.84 Å². The van der Waals surface area contributed by atoms with Crippen LogP contribution in [0.2, 0.25) is 0 Å². The number of aliphatic hydroxyl groups is 1. The molecule has 17 heavy (non-hydrogen) atoms. The Bertz CT molecular complexity index is 202. The lowest BCUT2D eigenvalue weighted by Gasteiger charge is -2.32. The largest absolute Gasteiger partial charge is 0.389 e. The molecular formula is C13H28N2O2. The van der Waals surface area contributed by atoms with Crippen molar-refractivity contribution in [1.29, 1.82) is 0 Å². The molecule has 1 aliphatic heterocycles. The van der Waals surface area contributed by atoms with Crippen molar-refractivity contribution in [2.75, 3.05) is 39.4 Å². The molecule has 0 aromatic heterocycles. The highest BCUT2D eigenvalue weighted by Gasteiger charge is 2.23. The van der Waals surface area contributed by atoms with Gasteiger partial charge in [-0.25, -0.2) is 0 Å². The number of morpholine rings is 1. The fraction of sp³-hybridized carbons (Fsp3) is 1.00. The van der Waals surface area contributed by atoms with E-state index in [-0.39, 0.29) is 0 Å². The molecule has 0 aromatic rings.